The minimum atomic E-state index is -1.15. The average molecular weight is 360 g/mol. The summed E-state index contributed by atoms with van der Waals surface area (Å²) in [5, 5.41) is 9.31. The molecule has 1 atom stereocenters. The molecule has 3 aromatic carbocycles. The first kappa shape index (κ1) is 18.4. The zero-order chi connectivity index (χ0) is 19.2. The van der Waals surface area contributed by atoms with E-state index in [0.717, 1.165) is 11.1 Å². The molecule has 0 aliphatic heterocycles. The van der Waals surface area contributed by atoms with Gasteiger partial charge in [-0.05, 0) is 30.2 Å². The molecule has 1 N–H and O–H groups in total. The Morgan fingerprint density at radius 3 is 1.67 bits per heavy atom. The molecule has 0 spiro atoms. The van der Waals surface area contributed by atoms with Crippen molar-refractivity contribution >= 4 is 11.9 Å². The van der Waals surface area contributed by atoms with Gasteiger partial charge in [-0.2, -0.15) is 0 Å². The van der Waals surface area contributed by atoms with Gasteiger partial charge in [0.2, 0.25) is 0 Å². The highest BCUT2D eigenvalue weighted by molar-refractivity contribution is 6.02. The first-order valence-corrected chi connectivity index (χ1v) is 8.71. The van der Waals surface area contributed by atoms with Crippen molar-refractivity contribution in [1.82, 2.24) is 0 Å². The van der Waals surface area contributed by atoms with Gasteiger partial charge in [0.25, 0.3) is 0 Å². The summed E-state index contributed by atoms with van der Waals surface area (Å²) in [5.74, 6) is -1.96. The van der Waals surface area contributed by atoms with Crippen molar-refractivity contribution in [3.8, 4) is 0 Å². The van der Waals surface area contributed by atoms with E-state index in [1.807, 2.05) is 67.6 Å². The maximum Gasteiger partial charge on any atom is 0.339 e. The maximum absolute atomic E-state index is 12.7. The SMILES string of the molecule is C[C@@H](OC(=O)c1ccccc1C(=O)O)C(c1ccccc1)c1ccccc1. The number of hydrogen-bond donors (Lipinski definition) is 1. The molecule has 0 amide bonds. The largest absolute Gasteiger partial charge is 0.478 e. The second kappa shape index (κ2) is 8.32. The third kappa shape index (κ3) is 4.23. The van der Waals surface area contributed by atoms with Gasteiger partial charge in [-0.25, -0.2) is 9.59 Å². The first-order chi connectivity index (χ1) is 13.1. The zero-order valence-electron chi connectivity index (χ0n) is 14.9. The molecule has 0 aliphatic rings. The van der Waals surface area contributed by atoms with E-state index in [-0.39, 0.29) is 17.0 Å². The number of carboxylic acids is 1. The lowest BCUT2D eigenvalue weighted by atomic mass is 9.87. The second-order valence-corrected chi connectivity index (χ2v) is 6.26. The van der Waals surface area contributed by atoms with Gasteiger partial charge < -0.3 is 9.84 Å². The fourth-order valence-corrected chi connectivity index (χ4v) is 3.20. The number of benzene rings is 3. The first-order valence-electron chi connectivity index (χ1n) is 8.71. The molecule has 27 heavy (non-hydrogen) atoms. The Balaban J connectivity index is 1.91. The van der Waals surface area contributed by atoms with Crippen LogP contribution in [0.5, 0.6) is 0 Å². The standard InChI is InChI=1S/C23H20O4/c1-16(27-23(26)20-15-9-8-14-19(20)22(24)25)21(17-10-4-2-5-11-17)18-12-6-3-7-13-18/h2-16,21H,1H3,(H,24,25)/t16-/m1/s1. The van der Waals surface area contributed by atoms with Crippen molar-refractivity contribution in [2.24, 2.45) is 0 Å². The monoisotopic (exact) mass is 360 g/mol. The van der Waals surface area contributed by atoms with Crippen molar-refractivity contribution in [2.45, 2.75) is 18.9 Å². The van der Waals surface area contributed by atoms with Crippen LogP contribution in [-0.4, -0.2) is 23.1 Å². The molecule has 0 aromatic heterocycles. The van der Waals surface area contributed by atoms with Crippen LogP contribution < -0.4 is 0 Å². The van der Waals surface area contributed by atoms with Crippen LogP contribution in [0.3, 0.4) is 0 Å². The van der Waals surface area contributed by atoms with Crippen LogP contribution in [0.2, 0.25) is 0 Å². The molecule has 0 saturated carbocycles. The van der Waals surface area contributed by atoms with Crippen LogP contribution in [0.25, 0.3) is 0 Å². The zero-order valence-corrected chi connectivity index (χ0v) is 14.9. The van der Waals surface area contributed by atoms with Crippen molar-refractivity contribution in [2.75, 3.05) is 0 Å². The minimum absolute atomic E-state index is 0.0525. The van der Waals surface area contributed by atoms with Crippen molar-refractivity contribution in [3.63, 3.8) is 0 Å². The molecule has 3 rings (SSSR count). The Labute approximate surface area is 158 Å². The van der Waals surface area contributed by atoms with Gasteiger partial charge in [0, 0.05) is 5.92 Å². The molecule has 4 nitrogen and oxygen atoms in total. The van der Waals surface area contributed by atoms with E-state index in [4.69, 9.17) is 4.74 Å². The molecule has 0 bridgehead atoms. The lowest BCUT2D eigenvalue weighted by Crippen LogP contribution is -2.24. The van der Waals surface area contributed by atoms with Gasteiger partial charge in [-0.1, -0.05) is 72.8 Å². The van der Waals surface area contributed by atoms with Gasteiger partial charge in [-0.3, -0.25) is 0 Å². The molecule has 0 saturated heterocycles. The molecular formula is C23H20O4. The van der Waals surface area contributed by atoms with Gasteiger partial charge in [0.05, 0.1) is 11.1 Å². The summed E-state index contributed by atoms with van der Waals surface area (Å²) in [5.41, 5.74) is 2.04. The molecule has 0 radical (unpaired) electrons. The number of esters is 1. The predicted octanol–water partition coefficient (Wildman–Crippen LogP) is 4.76. The molecule has 3 aromatic rings. The number of hydrogen-bond acceptors (Lipinski definition) is 3. The summed E-state index contributed by atoms with van der Waals surface area (Å²) in [4.78, 5) is 24.0. The van der Waals surface area contributed by atoms with E-state index in [0.29, 0.717) is 0 Å². The number of carbonyl (C=O) groups is 2. The van der Waals surface area contributed by atoms with E-state index in [9.17, 15) is 14.7 Å². The summed E-state index contributed by atoms with van der Waals surface area (Å²) in [6, 6.07) is 25.7. The van der Waals surface area contributed by atoms with Gasteiger partial charge in [-0.15, -0.1) is 0 Å². The van der Waals surface area contributed by atoms with Crippen molar-refractivity contribution < 1.29 is 19.4 Å². The van der Waals surface area contributed by atoms with Gasteiger partial charge >= 0.3 is 11.9 Å². The Morgan fingerprint density at radius 2 is 1.19 bits per heavy atom. The Hall–Kier alpha value is -3.40. The lowest BCUT2D eigenvalue weighted by molar-refractivity contribution is 0.0302. The highest BCUT2D eigenvalue weighted by Crippen LogP contribution is 2.30. The average Bonchev–Trinajstić information content (AvgIpc) is 2.69. The number of aromatic carboxylic acids is 1. The van der Waals surface area contributed by atoms with Crippen molar-refractivity contribution in [3.05, 3.63) is 107 Å². The summed E-state index contributed by atoms with van der Waals surface area (Å²) >= 11 is 0. The molecule has 0 unspecified atom stereocenters. The minimum Gasteiger partial charge on any atom is -0.478 e. The van der Waals surface area contributed by atoms with Crippen LogP contribution in [-0.2, 0) is 4.74 Å². The summed E-state index contributed by atoms with van der Waals surface area (Å²) in [6.45, 7) is 1.83. The molecule has 4 heteroatoms. The normalized spacial score (nSPS) is 11.8. The van der Waals surface area contributed by atoms with Crippen molar-refractivity contribution in [1.29, 1.82) is 0 Å². The number of ether oxygens (including phenoxy) is 1. The second-order valence-electron chi connectivity index (χ2n) is 6.26. The fourth-order valence-electron chi connectivity index (χ4n) is 3.20. The van der Waals surface area contributed by atoms with Crippen LogP contribution in [0.1, 0.15) is 44.7 Å². The molecule has 0 heterocycles. The highest BCUT2D eigenvalue weighted by Gasteiger charge is 2.26. The number of rotatable bonds is 6. The number of carboxylic acid groups (broad SMARTS) is 1. The van der Waals surface area contributed by atoms with E-state index >= 15 is 0 Å². The Morgan fingerprint density at radius 1 is 0.741 bits per heavy atom. The fraction of sp³-hybridized carbons (Fsp3) is 0.130. The lowest BCUT2D eigenvalue weighted by Gasteiger charge is -2.25. The van der Waals surface area contributed by atoms with Crippen LogP contribution >= 0.6 is 0 Å². The summed E-state index contributed by atoms with van der Waals surface area (Å²) in [6.07, 6.45) is -0.482. The Bertz CT molecular complexity index is 880. The Kier molecular flexibility index (Phi) is 5.67. The topological polar surface area (TPSA) is 63.6 Å². The van der Waals surface area contributed by atoms with Crippen LogP contribution in [0.4, 0.5) is 0 Å². The van der Waals surface area contributed by atoms with Gasteiger partial charge in [0.15, 0.2) is 0 Å². The summed E-state index contributed by atoms with van der Waals surface area (Å²) < 4.78 is 5.70. The smallest absolute Gasteiger partial charge is 0.339 e. The van der Waals surface area contributed by atoms with Gasteiger partial charge in [0.1, 0.15) is 6.10 Å². The van der Waals surface area contributed by atoms with E-state index < -0.39 is 18.0 Å². The van der Waals surface area contributed by atoms with Crippen LogP contribution in [0.15, 0.2) is 84.9 Å². The quantitative estimate of drug-likeness (QED) is 0.644. The van der Waals surface area contributed by atoms with Crippen LogP contribution in [0, 0.1) is 0 Å². The third-order valence-corrected chi connectivity index (χ3v) is 4.46. The molecular weight excluding hydrogens is 340 g/mol. The maximum atomic E-state index is 12.7. The number of carbonyl (C=O) groups excluding carboxylic acids is 1. The van der Waals surface area contributed by atoms with E-state index in [1.54, 1.807) is 12.1 Å². The molecule has 0 fully saturated rings. The summed E-state index contributed by atoms with van der Waals surface area (Å²) in [7, 11) is 0. The van der Waals surface area contributed by atoms with E-state index in [1.165, 1.54) is 12.1 Å². The highest BCUT2D eigenvalue weighted by atomic mass is 16.5. The third-order valence-electron chi connectivity index (χ3n) is 4.46. The molecule has 136 valence electrons. The van der Waals surface area contributed by atoms with E-state index in [2.05, 4.69) is 0 Å². The molecule has 0 aliphatic carbocycles. The predicted molar refractivity (Wildman–Crippen MR) is 103 cm³/mol.